The number of carbonyl (C=O) groups is 2. The molecule has 0 saturated carbocycles. The molecule has 128 valence electrons. The molecule has 0 bridgehead atoms. The molecule has 6 nitrogen and oxygen atoms in total. The molecular weight excluding hydrogens is 308 g/mol. The number of amides is 1. The molecule has 1 N–H and O–H groups in total. The molecule has 1 heterocycles. The monoisotopic (exact) mass is 330 g/mol. The molecular formula is C18H22N2O4. The Bertz CT molecular complexity index is 719. The van der Waals surface area contributed by atoms with Crippen LogP contribution in [0.4, 0.5) is 0 Å². The fourth-order valence-electron chi connectivity index (χ4n) is 3.34. The number of benzene rings is 1. The van der Waals surface area contributed by atoms with Crippen LogP contribution < -0.4 is 4.74 Å². The number of nitrogens with zero attached hydrogens (tertiary/aromatic N) is 2. The van der Waals surface area contributed by atoms with Crippen LogP contribution in [-0.4, -0.2) is 35.5 Å². The van der Waals surface area contributed by atoms with E-state index in [0.29, 0.717) is 23.3 Å². The Balaban J connectivity index is 2.53. The summed E-state index contributed by atoms with van der Waals surface area (Å²) in [5.41, 5.74) is 2.92. The standard InChI is InChI=1S/C18H22N2O4/c1-10(2)15-13(24-4)8-11(3)16-17(15)12(9-19)20(18(16)23)7-5-6-14(21)22/h8,10,12H,5-7H2,1-4H3,(H,21,22). The van der Waals surface area contributed by atoms with Gasteiger partial charge in [-0.3, -0.25) is 9.59 Å². The maximum Gasteiger partial charge on any atom is 0.303 e. The minimum Gasteiger partial charge on any atom is -0.496 e. The lowest BCUT2D eigenvalue weighted by atomic mass is 9.88. The van der Waals surface area contributed by atoms with Gasteiger partial charge in [-0.1, -0.05) is 13.8 Å². The molecule has 1 aromatic carbocycles. The number of carbonyl (C=O) groups excluding carboxylic acids is 1. The van der Waals surface area contributed by atoms with Crippen LogP contribution in [0.5, 0.6) is 5.75 Å². The van der Waals surface area contributed by atoms with E-state index in [4.69, 9.17) is 9.84 Å². The van der Waals surface area contributed by atoms with Crippen LogP contribution in [0.1, 0.15) is 65.7 Å². The number of fused-ring (bicyclic) bond motifs is 1. The predicted octanol–water partition coefficient (Wildman–Crippen LogP) is 3.01. The number of methoxy groups -OCH3 is 1. The maximum absolute atomic E-state index is 12.8. The Morgan fingerprint density at radius 3 is 2.67 bits per heavy atom. The van der Waals surface area contributed by atoms with Gasteiger partial charge in [-0.2, -0.15) is 5.26 Å². The highest BCUT2D eigenvalue weighted by molar-refractivity contribution is 6.02. The van der Waals surface area contributed by atoms with Gasteiger partial charge in [0.2, 0.25) is 0 Å². The summed E-state index contributed by atoms with van der Waals surface area (Å²) in [5.74, 6) is -0.337. The highest BCUT2D eigenvalue weighted by Gasteiger charge is 2.41. The zero-order chi connectivity index (χ0) is 18.0. The molecule has 0 spiro atoms. The van der Waals surface area contributed by atoms with Gasteiger partial charge in [-0.05, 0) is 30.9 Å². The summed E-state index contributed by atoms with van der Waals surface area (Å²) in [6, 6.07) is 3.35. The van der Waals surface area contributed by atoms with E-state index in [9.17, 15) is 14.9 Å². The molecule has 24 heavy (non-hydrogen) atoms. The van der Waals surface area contributed by atoms with Crippen LogP contribution in [0.2, 0.25) is 0 Å². The number of carboxylic acids is 1. The Morgan fingerprint density at radius 2 is 2.17 bits per heavy atom. The van der Waals surface area contributed by atoms with Crippen LogP contribution in [0.3, 0.4) is 0 Å². The summed E-state index contributed by atoms with van der Waals surface area (Å²) in [5, 5.41) is 18.5. The van der Waals surface area contributed by atoms with Crippen LogP contribution in [-0.2, 0) is 4.79 Å². The van der Waals surface area contributed by atoms with Crippen molar-refractivity contribution in [1.29, 1.82) is 5.26 Å². The van der Waals surface area contributed by atoms with Crippen LogP contribution >= 0.6 is 0 Å². The van der Waals surface area contributed by atoms with E-state index in [1.54, 1.807) is 7.11 Å². The fourth-order valence-corrected chi connectivity index (χ4v) is 3.34. The molecule has 1 aromatic rings. The first-order valence-corrected chi connectivity index (χ1v) is 7.97. The summed E-state index contributed by atoms with van der Waals surface area (Å²) in [6.07, 6.45) is 0.290. The quantitative estimate of drug-likeness (QED) is 0.866. The number of hydrogen-bond acceptors (Lipinski definition) is 4. The second-order valence-corrected chi connectivity index (χ2v) is 6.28. The van der Waals surface area contributed by atoms with Crippen molar-refractivity contribution >= 4 is 11.9 Å². The molecule has 0 aliphatic carbocycles. The summed E-state index contributed by atoms with van der Waals surface area (Å²) in [6.45, 7) is 6.08. The molecule has 6 heteroatoms. The number of carboxylic acid groups (broad SMARTS) is 1. The van der Waals surface area contributed by atoms with E-state index in [1.807, 2.05) is 26.8 Å². The van der Waals surface area contributed by atoms with Crippen molar-refractivity contribution in [2.45, 2.75) is 45.6 Å². The van der Waals surface area contributed by atoms with E-state index in [2.05, 4.69) is 6.07 Å². The molecule has 1 amide bonds. The average Bonchev–Trinajstić information content (AvgIpc) is 2.79. The van der Waals surface area contributed by atoms with Gasteiger partial charge in [-0.25, -0.2) is 0 Å². The largest absolute Gasteiger partial charge is 0.496 e. The first-order chi connectivity index (χ1) is 11.3. The Labute approximate surface area is 141 Å². The lowest BCUT2D eigenvalue weighted by molar-refractivity contribution is -0.137. The smallest absolute Gasteiger partial charge is 0.303 e. The zero-order valence-corrected chi connectivity index (χ0v) is 14.4. The van der Waals surface area contributed by atoms with Crippen LogP contribution in [0.25, 0.3) is 0 Å². The lowest BCUT2D eigenvalue weighted by Gasteiger charge is -2.22. The van der Waals surface area contributed by atoms with Crippen molar-refractivity contribution in [2.24, 2.45) is 0 Å². The van der Waals surface area contributed by atoms with Crippen molar-refractivity contribution in [3.05, 3.63) is 28.3 Å². The number of rotatable bonds is 6. The number of hydrogen-bond donors (Lipinski definition) is 1. The van der Waals surface area contributed by atoms with Gasteiger partial charge in [0.1, 0.15) is 11.8 Å². The Kier molecular flexibility index (Phi) is 5.13. The van der Waals surface area contributed by atoms with Crippen LogP contribution in [0.15, 0.2) is 6.07 Å². The van der Waals surface area contributed by atoms with Crippen molar-refractivity contribution in [3.8, 4) is 11.8 Å². The third-order valence-corrected chi connectivity index (χ3v) is 4.34. The van der Waals surface area contributed by atoms with Gasteiger partial charge in [-0.15, -0.1) is 0 Å². The van der Waals surface area contributed by atoms with Gasteiger partial charge >= 0.3 is 5.97 Å². The minimum absolute atomic E-state index is 0.0301. The first-order valence-electron chi connectivity index (χ1n) is 7.97. The second kappa shape index (κ2) is 6.91. The molecule has 1 aliphatic heterocycles. The van der Waals surface area contributed by atoms with Crippen molar-refractivity contribution in [1.82, 2.24) is 4.90 Å². The number of aliphatic carboxylic acids is 1. The zero-order valence-electron chi connectivity index (χ0n) is 14.4. The highest BCUT2D eigenvalue weighted by atomic mass is 16.5. The van der Waals surface area contributed by atoms with Crippen molar-refractivity contribution in [3.63, 3.8) is 0 Å². The third-order valence-electron chi connectivity index (χ3n) is 4.34. The lowest BCUT2D eigenvalue weighted by Crippen LogP contribution is -2.29. The SMILES string of the molecule is COc1cc(C)c2c(c1C(C)C)C(C#N)N(CCCC(=O)O)C2=O. The van der Waals surface area contributed by atoms with Gasteiger partial charge < -0.3 is 14.7 Å². The van der Waals surface area contributed by atoms with Gasteiger partial charge in [0.05, 0.1) is 13.2 Å². The molecule has 1 atom stereocenters. The fraction of sp³-hybridized carbons (Fsp3) is 0.500. The number of ether oxygens (including phenoxy) is 1. The normalized spacial score (nSPS) is 16.2. The molecule has 1 unspecified atom stereocenters. The van der Waals surface area contributed by atoms with E-state index < -0.39 is 12.0 Å². The number of nitriles is 1. The van der Waals surface area contributed by atoms with E-state index in [0.717, 1.165) is 11.1 Å². The summed E-state index contributed by atoms with van der Waals surface area (Å²) in [4.78, 5) is 25.0. The van der Waals surface area contributed by atoms with Crippen molar-refractivity contribution in [2.75, 3.05) is 13.7 Å². The molecule has 0 fully saturated rings. The Hall–Kier alpha value is -2.55. The van der Waals surface area contributed by atoms with Crippen LogP contribution in [0, 0.1) is 18.3 Å². The van der Waals surface area contributed by atoms with Gasteiger partial charge in [0.25, 0.3) is 5.91 Å². The average molecular weight is 330 g/mol. The first kappa shape index (κ1) is 17.8. The molecule has 1 aliphatic rings. The van der Waals surface area contributed by atoms with E-state index in [1.165, 1.54) is 4.90 Å². The second-order valence-electron chi connectivity index (χ2n) is 6.28. The summed E-state index contributed by atoms with van der Waals surface area (Å²) in [7, 11) is 1.58. The number of aryl methyl sites for hydroxylation is 1. The van der Waals surface area contributed by atoms with Gasteiger partial charge in [0.15, 0.2) is 0 Å². The molecule has 0 aromatic heterocycles. The van der Waals surface area contributed by atoms with Gasteiger partial charge in [0, 0.05) is 29.7 Å². The highest BCUT2D eigenvalue weighted by Crippen LogP contribution is 2.44. The maximum atomic E-state index is 12.8. The predicted molar refractivity (Wildman–Crippen MR) is 88.1 cm³/mol. The third kappa shape index (κ3) is 2.94. The minimum atomic E-state index is -0.909. The summed E-state index contributed by atoms with van der Waals surface area (Å²) >= 11 is 0. The molecule has 2 rings (SSSR count). The summed E-state index contributed by atoms with van der Waals surface area (Å²) < 4.78 is 5.47. The molecule has 0 saturated heterocycles. The Morgan fingerprint density at radius 1 is 1.50 bits per heavy atom. The van der Waals surface area contributed by atoms with E-state index >= 15 is 0 Å². The topological polar surface area (TPSA) is 90.6 Å². The van der Waals surface area contributed by atoms with E-state index in [-0.39, 0.29) is 24.8 Å². The van der Waals surface area contributed by atoms with Crippen molar-refractivity contribution < 1.29 is 19.4 Å². The molecule has 0 radical (unpaired) electrons.